The van der Waals surface area contributed by atoms with Crippen LogP contribution in [0.25, 0.3) is 0 Å². The van der Waals surface area contributed by atoms with E-state index in [2.05, 4.69) is 34.7 Å². The van der Waals surface area contributed by atoms with E-state index in [9.17, 15) is 13.2 Å². The molecule has 1 aromatic heterocycles. The largest absolute Gasteiger partial charge is 0.339 e. The summed E-state index contributed by atoms with van der Waals surface area (Å²) in [4.78, 5) is 17.3. The molecule has 0 aromatic carbocycles. The lowest BCUT2D eigenvalue weighted by Crippen LogP contribution is -2.57. The smallest absolute Gasteiger partial charge is 0.252 e. The van der Waals surface area contributed by atoms with Crippen LogP contribution in [-0.4, -0.2) is 73.7 Å². The van der Waals surface area contributed by atoms with Gasteiger partial charge in [-0.3, -0.25) is 9.69 Å². The quantitative estimate of drug-likeness (QED) is 0.653. The third-order valence-corrected chi connectivity index (χ3v) is 9.18. The standard InChI is InChI=1S/C18H28BrN3O3S2/c1-14(2)13-21-8-4-3-5-15(21)18(23)20-9-11-22(12-10-20)27(24,25)17-7-6-16(19)26-17/h6-7,14-15H,3-5,8-13H2,1-2H3/t15-/m0/s1. The van der Waals surface area contributed by atoms with Crippen molar-refractivity contribution in [2.75, 3.05) is 39.3 Å². The summed E-state index contributed by atoms with van der Waals surface area (Å²) in [6.45, 7) is 7.95. The second-order valence-electron chi connectivity index (χ2n) is 7.69. The van der Waals surface area contributed by atoms with Gasteiger partial charge in [-0.05, 0) is 53.4 Å². The summed E-state index contributed by atoms with van der Waals surface area (Å²) in [7, 11) is -3.47. The second kappa shape index (κ2) is 8.90. The molecule has 1 atom stereocenters. The Morgan fingerprint density at radius 1 is 1.19 bits per heavy atom. The molecule has 0 N–H and O–H groups in total. The van der Waals surface area contributed by atoms with Crippen molar-refractivity contribution < 1.29 is 13.2 Å². The van der Waals surface area contributed by atoms with Gasteiger partial charge in [0.2, 0.25) is 5.91 Å². The topological polar surface area (TPSA) is 60.9 Å². The second-order valence-corrected chi connectivity index (χ2v) is 12.3. The normalized spacial score (nSPS) is 23.1. The zero-order chi connectivity index (χ0) is 19.6. The van der Waals surface area contributed by atoms with Crippen molar-refractivity contribution in [3.8, 4) is 0 Å². The molecule has 9 heteroatoms. The van der Waals surface area contributed by atoms with Crippen molar-refractivity contribution in [2.45, 2.75) is 43.4 Å². The molecule has 6 nitrogen and oxygen atoms in total. The first kappa shape index (κ1) is 21.2. The number of sulfonamides is 1. The van der Waals surface area contributed by atoms with Crippen LogP contribution >= 0.6 is 27.3 Å². The summed E-state index contributed by atoms with van der Waals surface area (Å²) in [6.07, 6.45) is 3.15. The molecule has 2 aliphatic heterocycles. The van der Waals surface area contributed by atoms with Crippen LogP contribution in [0.2, 0.25) is 0 Å². The molecule has 2 fully saturated rings. The first-order valence-electron chi connectivity index (χ1n) is 9.57. The summed E-state index contributed by atoms with van der Waals surface area (Å²) in [5.74, 6) is 0.705. The lowest BCUT2D eigenvalue weighted by atomic mass is 9.99. The van der Waals surface area contributed by atoms with Gasteiger partial charge in [0.05, 0.1) is 9.83 Å². The van der Waals surface area contributed by atoms with E-state index in [4.69, 9.17) is 0 Å². The minimum atomic E-state index is -3.47. The van der Waals surface area contributed by atoms with Gasteiger partial charge in [-0.15, -0.1) is 11.3 Å². The van der Waals surface area contributed by atoms with Gasteiger partial charge in [0.1, 0.15) is 4.21 Å². The van der Waals surface area contributed by atoms with E-state index in [0.717, 1.165) is 36.1 Å². The maximum atomic E-state index is 13.1. The third-order valence-electron chi connectivity index (χ3n) is 5.19. The van der Waals surface area contributed by atoms with E-state index in [1.54, 1.807) is 12.1 Å². The van der Waals surface area contributed by atoms with E-state index >= 15 is 0 Å². The molecular weight excluding hydrogens is 450 g/mol. The molecule has 0 saturated carbocycles. The summed E-state index contributed by atoms with van der Waals surface area (Å²) in [5.41, 5.74) is 0. The Morgan fingerprint density at radius 3 is 2.48 bits per heavy atom. The number of carbonyl (C=O) groups is 1. The van der Waals surface area contributed by atoms with Gasteiger partial charge >= 0.3 is 0 Å². The highest BCUT2D eigenvalue weighted by Crippen LogP contribution is 2.29. The zero-order valence-corrected chi connectivity index (χ0v) is 19.2. The number of nitrogens with zero attached hydrogens (tertiary/aromatic N) is 3. The molecule has 0 bridgehead atoms. The van der Waals surface area contributed by atoms with Gasteiger partial charge in [0, 0.05) is 32.7 Å². The van der Waals surface area contributed by atoms with E-state index in [1.165, 1.54) is 15.6 Å². The zero-order valence-electron chi connectivity index (χ0n) is 15.9. The molecule has 0 aliphatic carbocycles. The number of piperidine rings is 1. The number of thiophene rings is 1. The highest BCUT2D eigenvalue weighted by atomic mass is 79.9. The van der Waals surface area contributed by atoms with Crippen molar-refractivity contribution in [1.82, 2.24) is 14.1 Å². The van der Waals surface area contributed by atoms with Crippen molar-refractivity contribution in [2.24, 2.45) is 5.92 Å². The van der Waals surface area contributed by atoms with E-state index in [-0.39, 0.29) is 11.9 Å². The summed E-state index contributed by atoms with van der Waals surface area (Å²) in [6, 6.07) is 3.34. The summed E-state index contributed by atoms with van der Waals surface area (Å²) >= 11 is 4.55. The Morgan fingerprint density at radius 2 is 1.89 bits per heavy atom. The monoisotopic (exact) mass is 477 g/mol. The molecule has 0 spiro atoms. The van der Waals surface area contributed by atoms with Gasteiger partial charge in [0.15, 0.2) is 0 Å². The lowest BCUT2D eigenvalue weighted by Gasteiger charge is -2.41. The van der Waals surface area contributed by atoms with Crippen LogP contribution < -0.4 is 0 Å². The molecule has 27 heavy (non-hydrogen) atoms. The van der Waals surface area contributed by atoms with Crippen molar-refractivity contribution in [3.05, 3.63) is 15.9 Å². The Labute approximate surface area is 174 Å². The number of hydrogen-bond acceptors (Lipinski definition) is 5. The van der Waals surface area contributed by atoms with Crippen LogP contribution in [0.4, 0.5) is 0 Å². The maximum Gasteiger partial charge on any atom is 0.252 e. The molecule has 1 amide bonds. The first-order valence-corrected chi connectivity index (χ1v) is 12.6. The van der Waals surface area contributed by atoms with Crippen LogP contribution in [0.5, 0.6) is 0 Å². The fourth-order valence-corrected chi connectivity index (χ4v) is 7.47. The van der Waals surface area contributed by atoms with Gasteiger partial charge < -0.3 is 4.90 Å². The van der Waals surface area contributed by atoms with Crippen LogP contribution in [0, 0.1) is 5.92 Å². The van der Waals surface area contributed by atoms with E-state index in [0.29, 0.717) is 36.3 Å². The number of rotatable bonds is 5. The molecule has 2 aliphatic rings. The molecule has 1 aromatic rings. The summed E-state index contributed by atoms with van der Waals surface area (Å²) in [5, 5.41) is 0. The van der Waals surface area contributed by atoms with Crippen molar-refractivity contribution in [1.29, 1.82) is 0 Å². The fourth-order valence-electron chi connectivity index (χ4n) is 3.88. The summed E-state index contributed by atoms with van der Waals surface area (Å²) < 4.78 is 28.2. The number of hydrogen-bond donors (Lipinski definition) is 0. The van der Waals surface area contributed by atoms with Gasteiger partial charge in [-0.1, -0.05) is 20.3 Å². The lowest BCUT2D eigenvalue weighted by molar-refractivity contribution is -0.139. The van der Waals surface area contributed by atoms with E-state index in [1.807, 2.05) is 4.90 Å². The third kappa shape index (κ3) is 4.93. The molecular formula is C18H28BrN3O3S2. The van der Waals surface area contributed by atoms with Crippen LogP contribution in [0.3, 0.4) is 0 Å². The van der Waals surface area contributed by atoms with Crippen LogP contribution in [0.15, 0.2) is 20.1 Å². The highest BCUT2D eigenvalue weighted by molar-refractivity contribution is 9.11. The Hall–Kier alpha value is -0.480. The molecule has 152 valence electrons. The van der Waals surface area contributed by atoms with Crippen LogP contribution in [-0.2, 0) is 14.8 Å². The predicted molar refractivity (Wildman–Crippen MR) is 111 cm³/mol. The van der Waals surface area contributed by atoms with Crippen molar-refractivity contribution in [3.63, 3.8) is 0 Å². The SMILES string of the molecule is CC(C)CN1CCCC[C@H]1C(=O)N1CCN(S(=O)(=O)c2ccc(Br)s2)CC1. The number of likely N-dealkylation sites (tertiary alicyclic amines) is 1. The van der Waals surface area contributed by atoms with Crippen LogP contribution in [0.1, 0.15) is 33.1 Å². The highest BCUT2D eigenvalue weighted by Gasteiger charge is 2.36. The molecule has 3 rings (SSSR count). The Bertz CT molecular complexity index is 758. The van der Waals surface area contributed by atoms with E-state index < -0.39 is 10.0 Å². The fraction of sp³-hybridized carbons (Fsp3) is 0.722. The molecule has 0 radical (unpaired) electrons. The molecule has 3 heterocycles. The molecule has 2 saturated heterocycles. The number of piperazine rings is 1. The number of halogens is 1. The van der Waals surface area contributed by atoms with Gasteiger partial charge in [-0.2, -0.15) is 4.31 Å². The molecule has 0 unspecified atom stereocenters. The minimum absolute atomic E-state index is 0.0439. The first-order chi connectivity index (χ1) is 12.8. The van der Waals surface area contributed by atoms with Gasteiger partial charge in [0.25, 0.3) is 10.0 Å². The number of carbonyl (C=O) groups excluding carboxylic acids is 1. The Balaban J connectivity index is 1.62. The van der Waals surface area contributed by atoms with Crippen molar-refractivity contribution >= 4 is 43.2 Å². The maximum absolute atomic E-state index is 13.1. The number of amides is 1. The minimum Gasteiger partial charge on any atom is -0.339 e. The average molecular weight is 478 g/mol. The average Bonchev–Trinajstić information content (AvgIpc) is 3.08. The predicted octanol–water partition coefficient (Wildman–Crippen LogP) is 2.85. The Kier molecular flexibility index (Phi) is 7.00. The van der Waals surface area contributed by atoms with Gasteiger partial charge in [-0.25, -0.2) is 8.42 Å².